The Balaban J connectivity index is 1.65. The van der Waals surface area contributed by atoms with E-state index in [9.17, 15) is 14.3 Å². The molecule has 2 rings (SSSR count). The number of hydrogen-bond donors (Lipinski definition) is 3. The molecule has 0 unspecified atom stereocenters. The largest absolute Gasteiger partial charge is 0.386 e. The molecule has 0 bridgehead atoms. The van der Waals surface area contributed by atoms with E-state index >= 15 is 0 Å². The first-order valence-electron chi connectivity index (χ1n) is 7.18. The van der Waals surface area contributed by atoms with Crippen LogP contribution >= 0.6 is 0 Å². The van der Waals surface area contributed by atoms with E-state index in [1.54, 1.807) is 12.1 Å². The Hall–Kier alpha value is -1.50. The van der Waals surface area contributed by atoms with E-state index in [1.165, 1.54) is 12.1 Å². The van der Waals surface area contributed by atoms with Crippen LogP contribution in [0.3, 0.4) is 0 Å². The minimum absolute atomic E-state index is 0.0125. The van der Waals surface area contributed by atoms with Gasteiger partial charge < -0.3 is 20.5 Å². The van der Waals surface area contributed by atoms with E-state index in [1.807, 2.05) is 0 Å². The molecule has 0 aromatic heterocycles. The standard InChI is InChI=1S/C15H21FN2O3/c16-13-6-2-1-5-12(13)14(19)9-18-15(20)10-17-8-11-4-3-7-21-11/h1-2,5-6,11,14,17,19H,3-4,7-10H2,(H,18,20)/t11-,14+/m1/s1. The summed E-state index contributed by atoms with van der Waals surface area (Å²) < 4.78 is 18.9. The van der Waals surface area contributed by atoms with Crippen LogP contribution in [0.4, 0.5) is 4.39 Å². The third-order valence-corrected chi connectivity index (χ3v) is 3.44. The summed E-state index contributed by atoms with van der Waals surface area (Å²) in [6, 6.07) is 5.98. The monoisotopic (exact) mass is 296 g/mol. The number of carbonyl (C=O) groups excluding carboxylic acids is 1. The number of ether oxygens (including phenoxy) is 1. The highest BCUT2D eigenvalue weighted by Crippen LogP contribution is 2.15. The van der Waals surface area contributed by atoms with Crippen molar-refractivity contribution in [1.82, 2.24) is 10.6 Å². The van der Waals surface area contributed by atoms with Gasteiger partial charge in [0.05, 0.1) is 18.8 Å². The smallest absolute Gasteiger partial charge is 0.234 e. The maximum Gasteiger partial charge on any atom is 0.234 e. The van der Waals surface area contributed by atoms with Gasteiger partial charge >= 0.3 is 0 Å². The van der Waals surface area contributed by atoms with Crippen molar-refractivity contribution in [3.05, 3.63) is 35.6 Å². The van der Waals surface area contributed by atoms with Gasteiger partial charge in [0.15, 0.2) is 0 Å². The summed E-state index contributed by atoms with van der Waals surface area (Å²) in [5.41, 5.74) is 0.185. The van der Waals surface area contributed by atoms with Crippen LogP contribution in [0, 0.1) is 5.82 Å². The van der Waals surface area contributed by atoms with Crippen LogP contribution < -0.4 is 10.6 Å². The Morgan fingerprint density at radius 3 is 3.00 bits per heavy atom. The maximum absolute atomic E-state index is 13.4. The summed E-state index contributed by atoms with van der Waals surface area (Å²) in [4.78, 5) is 11.6. The lowest BCUT2D eigenvalue weighted by Crippen LogP contribution is -2.38. The van der Waals surface area contributed by atoms with E-state index in [0.717, 1.165) is 19.4 Å². The molecule has 6 heteroatoms. The number of carbonyl (C=O) groups is 1. The molecule has 3 N–H and O–H groups in total. The molecule has 0 spiro atoms. The number of aliphatic hydroxyl groups is 1. The van der Waals surface area contributed by atoms with Gasteiger partial charge in [-0.15, -0.1) is 0 Å². The number of hydrogen-bond acceptors (Lipinski definition) is 4. The van der Waals surface area contributed by atoms with Gasteiger partial charge in [0, 0.05) is 25.3 Å². The van der Waals surface area contributed by atoms with E-state index in [4.69, 9.17) is 4.74 Å². The Bertz CT molecular complexity index is 464. The minimum atomic E-state index is -1.05. The molecule has 1 aliphatic heterocycles. The molecular weight excluding hydrogens is 275 g/mol. The summed E-state index contributed by atoms with van der Waals surface area (Å²) in [6.45, 7) is 1.57. The number of amides is 1. The fourth-order valence-electron chi connectivity index (χ4n) is 2.28. The zero-order valence-corrected chi connectivity index (χ0v) is 11.8. The highest BCUT2D eigenvalue weighted by molar-refractivity contribution is 5.78. The molecule has 2 atom stereocenters. The summed E-state index contributed by atoms with van der Waals surface area (Å²) in [5.74, 6) is -0.709. The third-order valence-electron chi connectivity index (χ3n) is 3.44. The molecule has 5 nitrogen and oxygen atoms in total. The van der Waals surface area contributed by atoms with Crippen LogP contribution in [0.5, 0.6) is 0 Å². The first kappa shape index (κ1) is 15.9. The van der Waals surface area contributed by atoms with Gasteiger partial charge in [-0.1, -0.05) is 18.2 Å². The molecule has 1 saturated heterocycles. The molecule has 0 aliphatic carbocycles. The van der Waals surface area contributed by atoms with Gasteiger partial charge in [-0.25, -0.2) is 4.39 Å². The molecule has 1 aliphatic rings. The molecule has 0 radical (unpaired) electrons. The SMILES string of the molecule is O=C(CNC[C@H]1CCCO1)NC[C@H](O)c1ccccc1F. The van der Waals surface area contributed by atoms with Crippen molar-refractivity contribution < 1.29 is 19.0 Å². The van der Waals surface area contributed by atoms with E-state index < -0.39 is 11.9 Å². The number of nitrogens with one attached hydrogen (secondary N) is 2. The van der Waals surface area contributed by atoms with Crippen molar-refractivity contribution in [3.63, 3.8) is 0 Å². The van der Waals surface area contributed by atoms with Crippen molar-refractivity contribution >= 4 is 5.91 Å². The van der Waals surface area contributed by atoms with Crippen LogP contribution in [0.1, 0.15) is 24.5 Å². The Morgan fingerprint density at radius 2 is 2.29 bits per heavy atom. The van der Waals surface area contributed by atoms with Gasteiger partial charge in [0.25, 0.3) is 0 Å². The molecule has 1 heterocycles. The van der Waals surface area contributed by atoms with Gasteiger partial charge in [-0.2, -0.15) is 0 Å². The minimum Gasteiger partial charge on any atom is -0.386 e. The Kier molecular flexibility index (Phi) is 6.10. The number of aliphatic hydroxyl groups excluding tert-OH is 1. The van der Waals surface area contributed by atoms with E-state index in [2.05, 4.69) is 10.6 Å². The third kappa shape index (κ3) is 5.08. The van der Waals surface area contributed by atoms with Crippen LogP contribution in [0.15, 0.2) is 24.3 Å². The number of benzene rings is 1. The fraction of sp³-hybridized carbons (Fsp3) is 0.533. The van der Waals surface area contributed by atoms with Crippen LogP contribution in [-0.2, 0) is 9.53 Å². The molecule has 1 amide bonds. The molecule has 21 heavy (non-hydrogen) atoms. The van der Waals surface area contributed by atoms with Crippen molar-refractivity contribution in [2.45, 2.75) is 25.0 Å². The fourth-order valence-corrected chi connectivity index (χ4v) is 2.28. The van der Waals surface area contributed by atoms with E-state index in [-0.39, 0.29) is 30.7 Å². The van der Waals surface area contributed by atoms with Crippen molar-refractivity contribution in [3.8, 4) is 0 Å². The summed E-state index contributed by atoms with van der Waals surface area (Å²) >= 11 is 0. The predicted molar refractivity (Wildman–Crippen MR) is 76.2 cm³/mol. The van der Waals surface area contributed by atoms with Crippen molar-refractivity contribution in [2.24, 2.45) is 0 Å². The van der Waals surface area contributed by atoms with Crippen molar-refractivity contribution in [2.75, 3.05) is 26.2 Å². The first-order chi connectivity index (χ1) is 10.2. The average molecular weight is 296 g/mol. The Labute approximate surface area is 123 Å². The molecule has 0 saturated carbocycles. The molecule has 1 fully saturated rings. The quantitative estimate of drug-likeness (QED) is 0.694. The van der Waals surface area contributed by atoms with Gasteiger partial charge in [0.1, 0.15) is 5.82 Å². The van der Waals surface area contributed by atoms with Crippen molar-refractivity contribution in [1.29, 1.82) is 0 Å². The number of rotatable bonds is 7. The van der Waals surface area contributed by atoms with Gasteiger partial charge in [0.2, 0.25) is 5.91 Å². The normalized spacial score (nSPS) is 19.4. The van der Waals surface area contributed by atoms with E-state index in [0.29, 0.717) is 6.54 Å². The average Bonchev–Trinajstić information content (AvgIpc) is 2.98. The molecular formula is C15H21FN2O3. The van der Waals surface area contributed by atoms with Crippen LogP contribution in [0.2, 0.25) is 0 Å². The maximum atomic E-state index is 13.4. The Morgan fingerprint density at radius 1 is 1.48 bits per heavy atom. The molecule has 1 aromatic carbocycles. The lowest BCUT2D eigenvalue weighted by Gasteiger charge is -2.14. The summed E-state index contributed by atoms with van der Waals surface area (Å²) in [6.07, 6.45) is 1.21. The zero-order chi connectivity index (χ0) is 15.1. The summed E-state index contributed by atoms with van der Waals surface area (Å²) in [5, 5.41) is 15.4. The topological polar surface area (TPSA) is 70.6 Å². The second kappa shape index (κ2) is 8.07. The van der Waals surface area contributed by atoms with Crippen LogP contribution in [0.25, 0.3) is 0 Å². The lowest BCUT2D eigenvalue weighted by atomic mass is 10.1. The van der Waals surface area contributed by atoms with Crippen LogP contribution in [-0.4, -0.2) is 43.4 Å². The molecule has 1 aromatic rings. The number of halogens is 1. The second-order valence-electron chi connectivity index (χ2n) is 5.11. The highest BCUT2D eigenvalue weighted by atomic mass is 19.1. The highest BCUT2D eigenvalue weighted by Gasteiger charge is 2.16. The second-order valence-corrected chi connectivity index (χ2v) is 5.11. The molecule has 116 valence electrons. The van der Waals surface area contributed by atoms with Gasteiger partial charge in [-0.3, -0.25) is 4.79 Å². The predicted octanol–water partition coefficient (Wildman–Crippen LogP) is 0.744. The lowest BCUT2D eigenvalue weighted by molar-refractivity contribution is -0.120. The summed E-state index contributed by atoms with van der Waals surface area (Å²) in [7, 11) is 0. The first-order valence-corrected chi connectivity index (χ1v) is 7.18. The van der Waals surface area contributed by atoms with Gasteiger partial charge in [-0.05, 0) is 18.9 Å². The zero-order valence-electron chi connectivity index (χ0n) is 11.8.